The van der Waals surface area contributed by atoms with Crippen LogP contribution in [0.3, 0.4) is 0 Å². The van der Waals surface area contributed by atoms with Gasteiger partial charge in [-0.1, -0.05) is 49.0 Å². The summed E-state index contributed by atoms with van der Waals surface area (Å²) in [6.07, 6.45) is 0.0688. The minimum absolute atomic E-state index is 0.0402. The Morgan fingerprint density at radius 3 is 2.58 bits per heavy atom. The molecule has 3 rings (SSSR count). The second-order valence-electron chi connectivity index (χ2n) is 5.45. The van der Waals surface area contributed by atoms with Gasteiger partial charge in [0.15, 0.2) is 16.8 Å². The van der Waals surface area contributed by atoms with Crippen LogP contribution in [-0.2, 0) is 11.2 Å². The van der Waals surface area contributed by atoms with Crippen molar-refractivity contribution in [2.75, 3.05) is 11.2 Å². The predicted molar refractivity (Wildman–Crippen MR) is 96.8 cm³/mol. The van der Waals surface area contributed by atoms with E-state index in [2.05, 4.69) is 10.4 Å². The predicted octanol–water partition coefficient (Wildman–Crippen LogP) is 3.10. The van der Waals surface area contributed by atoms with Gasteiger partial charge >= 0.3 is 0 Å². The van der Waals surface area contributed by atoms with E-state index in [1.54, 1.807) is 12.1 Å². The number of amides is 1. The standard InChI is InChI=1S/C18H15F2N3O2S/c1-2-26-18-21-15-10-14(20)13(19)9-12(15)17(25)23(18)22-16(24)8-11-6-4-3-5-7-11/h3-7,9-10H,2,8H2,1H3,(H,22,24). The molecule has 0 aliphatic heterocycles. The summed E-state index contributed by atoms with van der Waals surface area (Å²) >= 11 is 1.21. The van der Waals surface area contributed by atoms with Crippen molar-refractivity contribution < 1.29 is 13.6 Å². The highest BCUT2D eigenvalue weighted by Gasteiger charge is 2.16. The van der Waals surface area contributed by atoms with Gasteiger partial charge in [0.25, 0.3) is 5.56 Å². The summed E-state index contributed by atoms with van der Waals surface area (Å²) in [5, 5.41) is 0.0989. The van der Waals surface area contributed by atoms with Crippen molar-refractivity contribution in [1.29, 1.82) is 0 Å². The van der Waals surface area contributed by atoms with Gasteiger partial charge in [0.2, 0.25) is 5.91 Å². The first kappa shape index (κ1) is 18.1. The average molecular weight is 375 g/mol. The Morgan fingerprint density at radius 2 is 1.88 bits per heavy atom. The molecule has 0 bridgehead atoms. The molecular formula is C18H15F2N3O2S. The van der Waals surface area contributed by atoms with Crippen molar-refractivity contribution in [3.05, 3.63) is 70.0 Å². The topological polar surface area (TPSA) is 64.0 Å². The maximum absolute atomic E-state index is 13.5. The van der Waals surface area contributed by atoms with Crippen LogP contribution < -0.4 is 11.0 Å². The smallest absolute Gasteiger partial charge is 0.273 e. The lowest BCUT2D eigenvalue weighted by Crippen LogP contribution is -2.36. The van der Waals surface area contributed by atoms with Gasteiger partial charge in [0.1, 0.15) is 0 Å². The number of nitrogens with zero attached hydrogens (tertiary/aromatic N) is 2. The maximum Gasteiger partial charge on any atom is 0.281 e. The zero-order chi connectivity index (χ0) is 18.7. The first-order valence-electron chi connectivity index (χ1n) is 7.88. The fourth-order valence-corrected chi connectivity index (χ4v) is 3.11. The van der Waals surface area contributed by atoms with Crippen molar-refractivity contribution in [1.82, 2.24) is 9.66 Å². The largest absolute Gasteiger partial charge is 0.281 e. The summed E-state index contributed by atoms with van der Waals surface area (Å²) in [6.45, 7) is 1.85. The lowest BCUT2D eigenvalue weighted by molar-refractivity contribution is -0.116. The SMILES string of the molecule is CCSc1nc2cc(F)c(F)cc2c(=O)n1NC(=O)Cc1ccccc1. The Hall–Kier alpha value is -2.74. The molecule has 0 saturated heterocycles. The van der Waals surface area contributed by atoms with E-state index in [4.69, 9.17) is 0 Å². The number of halogens is 2. The summed E-state index contributed by atoms with van der Waals surface area (Å²) < 4.78 is 28.0. The van der Waals surface area contributed by atoms with E-state index in [0.717, 1.165) is 22.4 Å². The first-order chi connectivity index (χ1) is 12.5. The summed E-state index contributed by atoms with van der Waals surface area (Å²) in [5.41, 5.74) is 2.67. The monoisotopic (exact) mass is 375 g/mol. The van der Waals surface area contributed by atoms with Crippen molar-refractivity contribution in [3.8, 4) is 0 Å². The van der Waals surface area contributed by atoms with Crippen LogP contribution in [-0.4, -0.2) is 21.3 Å². The van der Waals surface area contributed by atoms with Gasteiger partial charge < -0.3 is 0 Å². The molecule has 0 aliphatic rings. The Morgan fingerprint density at radius 1 is 1.19 bits per heavy atom. The number of benzene rings is 2. The molecule has 26 heavy (non-hydrogen) atoms. The van der Waals surface area contributed by atoms with E-state index in [9.17, 15) is 18.4 Å². The molecule has 0 radical (unpaired) electrons. The zero-order valence-corrected chi connectivity index (χ0v) is 14.6. The molecule has 1 N–H and O–H groups in total. The highest BCUT2D eigenvalue weighted by atomic mass is 32.2. The third-order valence-electron chi connectivity index (χ3n) is 3.60. The Bertz CT molecular complexity index is 1020. The highest BCUT2D eigenvalue weighted by molar-refractivity contribution is 7.99. The molecule has 134 valence electrons. The van der Waals surface area contributed by atoms with Crippen LogP contribution in [0.15, 0.2) is 52.4 Å². The van der Waals surface area contributed by atoms with Crippen molar-refractivity contribution in [3.63, 3.8) is 0 Å². The fraction of sp³-hybridized carbons (Fsp3) is 0.167. The Balaban J connectivity index is 2.01. The van der Waals surface area contributed by atoms with Gasteiger partial charge in [-0.15, -0.1) is 0 Å². The Kier molecular flexibility index (Phi) is 5.32. The molecule has 1 heterocycles. The van der Waals surface area contributed by atoms with Gasteiger partial charge in [-0.2, -0.15) is 4.68 Å². The van der Waals surface area contributed by atoms with E-state index >= 15 is 0 Å². The van der Waals surface area contributed by atoms with Gasteiger partial charge in [-0.25, -0.2) is 13.8 Å². The van der Waals surface area contributed by atoms with Gasteiger partial charge in [-0.05, 0) is 17.4 Å². The zero-order valence-electron chi connectivity index (χ0n) is 13.8. The third kappa shape index (κ3) is 3.75. The molecule has 8 heteroatoms. The van der Waals surface area contributed by atoms with Crippen LogP contribution in [0.5, 0.6) is 0 Å². The molecule has 0 fully saturated rings. The molecule has 0 atom stereocenters. The molecule has 1 amide bonds. The summed E-state index contributed by atoms with van der Waals surface area (Å²) in [6, 6.07) is 10.7. The summed E-state index contributed by atoms with van der Waals surface area (Å²) in [7, 11) is 0. The number of aromatic nitrogens is 2. The molecule has 5 nitrogen and oxygen atoms in total. The molecule has 1 aromatic heterocycles. The second kappa shape index (κ2) is 7.65. The lowest BCUT2D eigenvalue weighted by atomic mass is 10.1. The van der Waals surface area contributed by atoms with E-state index < -0.39 is 23.1 Å². The number of carbonyl (C=O) groups excluding carboxylic acids is 1. The average Bonchev–Trinajstić information content (AvgIpc) is 2.61. The van der Waals surface area contributed by atoms with Gasteiger partial charge in [0, 0.05) is 6.07 Å². The number of fused-ring (bicyclic) bond motifs is 1. The van der Waals surface area contributed by atoms with E-state index in [0.29, 0.717) is 5.75 Å². The van der Waals surface area contributed by atoms with E-state index in [1.165, 1.54) is 11.8 Å². The minimum atomic E-state index is -1.14. The molecule has 2 aromatic carbocycles. The molecular weight excluding hydrogens is 360 g/mol. The van der Waals surface area contributed by atoms with E-state index in [-0.39, 0.29) is 22.5 Å². The second-order valence-corrected chi connectivity index (χ2v) is 6.68. The number of hydrogen-bond donors (Lipinski definition) is 1. The van der Waals surface area contributed by atoms with Crippen LogP contribution in [0.4, 0.5) is 8.78 Å². The first-order valence-corrected chi connectivity index (χ1v) is 8.86. The van der Waals surface area contributed by atoms with E-state index in [1.807, 2.05) is 25.1 Å². The number of nitrogens with one attached hydrogen (secondary N) is 1. The minimum Gasteiger partial charge on any atom is -0.273 e. The molecule has 0 aliphatic carbocycles. The number of carbonyl (C=O) groups is 1. The third-order valence-corrected chi connectivity index (χ3v) is 4.42. The maximum atomic E-state index is 13.5. The van der Waals surface area contributed by atoms with Crippen LogP contribution >= 0.6 is 11.8 Å². The highest BCUT2D eigenvalue weighted by Crippen LogP contribution is 2.19. The normalized spacial score (nSPS) is 10.9. The van der Waals surface area contributed by atoms with Crippen LogP contribution in [0, 0.1) is 11.6 Å². The summed E-state index contributed by atoms with van der Waals surface area (Å²) in [4.78, 5) is 29.2. The van der Waals surface area contributed by atoms with Crippen molar-refractivity contribution >= 4 is 28.6 Å². The quantitative estimate of drug-likeness (QED) is 0.550. The van der Waals surface area contributed by atoms with Crippen LogP contribution in [0.2, 0.25) is 0 Å². The van der Waals surface area contributed by atoms with Crippen molar-refractivity contribution in [2.45, 2.75) is 18.5 Å². The fourth-order valence-electron chi connectivity index (χ4n) is 2.43. The number of thioether (sulfide) groups is 1. The van der Waals surface area contributed by atoms with Gasteiger partial charge in [-0.3, -0.25) is 15.0 Å². The Labute approximate surface area is 152 Å². The molecule has 3 aromatic rings. The van der Waals surface area contributed by atoms with Crippen LogP contribution in [0.1, 0.15) is 12.5 Å². The van der Waals surface area contributed by atoms with Crippen molar-refractivity contribution in [2.24, 2.45) is 0 Å². The number of hydrogen-bond acceptors (Lipinski definition) is 4. The number of rotatable bonds is 5. The molecule has 0 unspecified atom stereocenters. The lowest BCUT2D eigenvalue weighted by Gasteiger charge is -2.13. The summed E-state index contributed by atoms with van der Waals surface area (Å²) in [5.74, 6) is -2.06. The molecule has 0 spiro atoms. The molecule has 0 saturated carbocycles. The van der Waals surface area contributed by atoms with Gasteiger partial charge in [0.05, 0.1) is 17.3 Å². The van der Waals surface area contributed by atoms with Crippen LogP contribution in [0.25, 0.3) is 10.9 Å².